The van der Waals surface area contributed by atoms with Crippen molar-refractivity contribution < 1.29 is 9.59 Å². The Labute approximate surface area is 112 Å². The van der Waals surface area contributed by atoms with Gasteiger partial charge in [0.2, 0.25) is 0 Å². The molecule has 88 valence electrons. The molecule has 0 N–H and O–H groups in total. The van der Waals surface area contributed by atoms with E-state index in [0.29, 0.717) is 21.9 Å². The number of halogens is 2. The molecule has 0 aliphatic carbocycles. The Kier molecular flexibility index (Phi) is 3.10. The molecule has 0 radical (unpaired) electrons. The lowest BCUT2D eigenvalue weighted by atomic mass is 10.2. The highest BCUT2D eigenvalue weighted by atomic mass is 79.9. The van der Waals surface area contributed by atoms with Gasteiger partial charge in [-0.05, 0) is 32.0 Å². The molecule has 0 saturated carbocycles. The summed E-state index contributed by atoms with van der Waals surface area (Å²) in [5, 5.41) is 0.373. The lowest BCUT2D eigenvalue weighted by Crippen LogP contribution is -2.31. The van der Waals surface area contributed by atoms with Gasteiger partial charge in [-0.2, -0.15) is 0 Å². The fraction of sp³-hybridized carbons (Fsp3) is 0.167. The van der Waals surface area contributed by atoms with Crippen LogP contribution in [0.3, 0.4) is 0 Å². The van der Waals surface area contributed by atoms with Crippen molar-refractivity contribution in [3.8, 4) is 0 Å². The van der Waals surface area contributed by atoms with Crippen molar-refractivity contribution in [3.05, 3.63) is 38.8 Å². The Morgan fingerprint density at radius 1 is 1.12 bits per heavy atom. The molecule has 0 fully saturated rings. The summed E-state index contributed by atoms with van der Waals surface area (Å²) in [6, 6.07) is 5.05. The van der Waals surface area contributed by atoms with E-state index in [9.17, 15) is 9.59 Å². The maximum Gasteiger partial charge on any atom is 0.261 e. The average Bonchev–Trinajstić information content (AvgIpc) is 2.48. The molecule has 3 nitrogen and oxygen atoms in total. The van der Waals surface area contributed by atoms with Crippen molar-refractivity contribution in [1.82, 2.24) is 0 Å². The Balaban J connectivity index is 2.54. The predicted octanol–water partition coefficient (Wildman–Crippen LogP) is 3.31. The third-order valence-corrected chi connectivity index (χ3v) is 3.57. The zero-order valence-electron chi connectivity index (χ0n) is 9.25. The number of benzene rings is 1. The van der Waals surface area contributed by atoms with Gasteiger partial charge in [0, 0.05) is 15.6 Å². The molecule has 0 atom stereocenters. The number of rotatable bonds is 1. The minimum Gasteiger partial charge on any atom is -0.269 e. The van der Waals surface area contributed by atoms with Gasteiger partial charge >= 0.3 is 0 Å². The van der Waals surface area contributed by atoms with Gasteiger partial charge in [0.15, 0.2) is 0 Å². The molecule has 5 heteroatoms. The van der Waals surface area contributed by atoms with Gasteiger partial charge in [0.1, 0.15) is 0 Å². The standard InChI is InChI=1S/C12H9BrClNO2/c1-6-7(2)12(17)15(11(6)16)10-5-8(13)3-4-9(10)14/h3-5H,1-2H3. The van der Waals surface area contributed by atoms with Crippen LogP contribution in [0.2, 0.25) is 5.02 Å². The molecule has 1 aliphatic heterocycles. The van der Waals surface area contributed by atoms with Crippen molar-refractivity contribution >= 4 is 45.0 Å². The number of imide groups is 1. The van der Waals surface area contributed by atoms with Gasteiger partial charge in [-0.15, -0.1) is 0 Å². The molecular formula is C12H9BrClNO2. The second-order valence-electron chi connectivity index (χ2n) is 3.79. The summed E-state index contributed by atoms with van der Waals surface area (Å²) >= 11 is 9.31. The van der Waals surface area contributed by atoms with Crippen LogP contribution in [0.25, 0.3) is 0 Å². The minimum absolute atomic E-state index is 0.312. The molecule has 17 heavy (non-hydrogen) atoms. The maximum absolute atomic E-state index is 12.0. The van der Waals surface area contributed by atoms with Crippen molar-refractivity contribution in [2.75, 3.05) is 4.90 Å². The molecule has 1 heterocycles. The van der Waals surface area contributed by atoms with Crippen molar-refractivity contribution in [3.63, 3.8) is 0 Å². The molecule has 2 rings (SSSR count). The van der Waals surface area contributed by atoms with Crippen LogP contribution in [0.5, 0.6) is 0 Å². The van der Waals surface area contributed by atoms with Gasteiger partial charge in [-0.3, -0.25) is 9.59 Å². The number of amides is 2. The van der Waals surface area contributed by atoms with E-state index >= 15 is 0 Å². The van der Waals surface area contributed by atoms with Gasteiger partial charge in [0.25, 0.3) is 11.8 Å². The fourth-order valence-electron chi connectivity index (χ4n) is 1.62. The summed E-state index contributed by atoms with van der Waals surface area (Å²) < 4.78 is 0.764. The van der Waals surface area contributed by atoms with E-state index in [0.717, 1.165) is 9.37 Å². The van der Waals surface area contributed by atoms with E-state index in [4.69, 9.17) is 11.6 Å². The van der Waals surface area contributed by atoms with E-state index in [1.807, 2.05) is 0 Å². The maximum atomic E-state index is 12.0. The van der Waals surface area contributed by atoms with E-state index in [1.54, 1.807) is 32.0 Å². The summed E-state index contributed by atoms with van der Waals surface area (Å²) in [5.74, 6) is -0.625. The number of carbonyl (C=O) groups is 2. The summed E-state index contributed by atoms with van der Waals surface area (Å²) in [6.07, 6.45) is 0. The van der Waals surface area contributed by atoms with Crippen LogP contribution >= 0.6 is 27.5 Å². The van der Waals surface area contributed by atoms with Crippen LogP contribution in [0.15, 0.2) is 33.8 Å². The molecule has 1 aliphatic rings. The number of anilines is 1. The Morgan fingerprint density at radius 2 is 1.65 bits per heavy atom. The SMILES string of the molecule is CC1=C(C)C(=O)N(c2cc(Br)ccc2Cl)C1=O. The van der Waals surface area contributed by atoms with E-state index < -0.39 is 0 Å². The highest BCUT2D eigenvalue weighted by Crippen LogP contribution is 2.34. The summed E-state index contributed by atoms with van der Waals surface area (Å²) in [5.41, 5.74) is 1.34. The molecule has 1 aromatic carbocycles. The van der Waals surface area contributed by atoms with Gasteiger partial charge < -0.3 is 0 Å². The van der Waals surface area contributed by atoms with Crippen LogP contribution in [0.1, 0.15) is 13.8 Å². The number of hydrogen-bond donors (Lipinski definition) is 0. The Hall–Kier alpha value is -1.13. The zero-order valence-corrected chi connectivity index (χ0v) is 11.6. The molecule has 0 bridgehead atoms. The second kappa shape index (κ2) is 4.27. The fourth-order valence-corrected chi connectivity index (χ4v) is 2.18. The summed E-state index contributed by atoms with van der Waals surface area (Å²) in [6.45, 7) is 3.28. The largest absolute Gasteiger partial charge is 0.269 e. The van der Waals surface area contributed by atoms with Crippen molar-refractivity contribution in [2.45, 2.75) is 13.8 Å². The van der Waals surface area contributed by atoms with Crippen LogP contribution in [0.4, 0.5) is 5.69 Å². The van der Waals surface area contributed by atoms with Crippen molar-refractivity contribution in [1.29, 1.82) is 0 Å². The van der Waals surface area contributed by atoms with Crippen LogP contribution < -0.4 is 4.90 Å². The summed E-state index contributed by atoms with van der Waals surface area (Å²) in [4.78, 5) is 25.0. The molecule has 2 amide bonds. The third-order valence-electron chi connectivity index (χ3n) is 2.76. The van der Waals surface area contributed by atoms with Gasteiger partial charge in [0.05, 0.1) is 10.7 Å². The first-order chi connectivity index (χ1) is 7.93. The quantitative estimate of drug-likeness (QED) is 0.746. The predicted molar refractivity (Wildman–Crippen MR) is 70.0 cm³/mol. The first-order valence-electron chi connectivity index (χ1n) is 4.95. The molecule has 1 aromatic rings. The van der Waals surface area contributed by atoms with Gasteiger partial charge in [-0.1, -0.05) is 27.5 Å². The summed E-state index contributed by atoms with van der Waals surface area (Å²) in [7, 11) is 0. The van der Waals surface area contributed by atoms with E-state index in [1.165, 1.54) is 0 Å². The minimum atomic E-state index is -0.312. The molecular weight excluding hydrogens is 305 g/mol. The molecule has 0 unspecified atom stereocenters. The number of nitrogens with zero attached hydrogens (tertiary/aromatic N) is 1. The topological polar surface area (TPSA) is 37.4 Å². The lowest BCUT2D eigenvalue weighted by molar-refractivity contribution is -0.120. The average molecular weight is 315 g/mol. The smallest absolute Gasteiger partial charge is 0.261 e. The highest BCUT2D eigenvalue weighted by molar-refractivity contribution is 9.10. The third kappa shape index (κ3) is 1.91. The molecule has 0 spiro atoms. The van der Waals surface area contributed by atoms with Crippen LogP contribution in [0, 0.1) is 0 Å². The number of carbonyl (C=O) groups excluding carboxylic acids is 2. The highest BCUT2D eigenvalue weighted by Gasteiger charge is 2.35. The monoisotopic (exact) mass is 313 g/mol. The second-order valence-corrected chi connectivity index (χ2v) is 5.11. The molecule has 0 aromatic heterocycles. The van der Waals surface area contributed by atoms with Crippen molar-refractivity contribution in [2.24, 2.45) is 0 Å². The van der Waals surface area contributed by atoms with Crippen LogP contribution in [-0.4, -0.2) is 11.8 Å². The van der Waals surface area contributed by atoms with E-state index in [2.05, 4.69) is 15.9 Å². The van der Waals surface area contributed by atoms with E-state index in [-0.39, 0.29) is 11.8 Å². The normalized spacial score (nSPS) is 16.1. The van der Waals surface area contributed by atoms with Gasteiger partial charge in [-0.25, -0.2) is 4.90 Å². The first kappa shape index (κ1) is 12.3. The number of hydrogen-bond acceptors (Lipinski definition) is 2. The Morgan fingerprint density at radius 3 is 2.18 bits per heavy atom. The van der Waals surface area contributed by atoms with Crippen LogP contribution in [-0.2, 0) is 9.59 Å². The lowest BCUT2D eigenvalue weighted by Gasteiger charge is -2.16. The zero-order chi connectivity index (χ0) is 12.7. The first-order valence-corrected chi connectivity index (χ1v) is 6.12. The Bertz CT molecular complexity index is 542. The molecule has 0 saturated heterocycles.